The number of rotatable bonds is 4. The summed E-state index contributed by atoms with van der Waals surface area (Å²) >= 11 is 0. The molecule has 33 heavy (non-hydrogen) atoms. The minimum atomic E-state index is -1.82. The number of hydrogen-bond donors (Lipinski definition) is 3. The van der Waals surface area contributed by atoms with Crippen molar-refractivity contribution in [3.63, 3.8) is 0 Å². The van der Waals surface area contributed by atoms with Gasteiger partial charge in [0.05, 0.1) is 0 Å². The summed E-state index contributed by atoms with van der Waals surface area (Å²) in [6.45, 7) is 4.54. The second kappa shape index (κ2) is 11.0. The highest BCUT2D eigenvalue weighted by Gasteiger charge is 2.29. The molecule has 1 saturated heterocycles. The number of benzene rings is 2. The van der Waals surface area contributed by atoms with Crippen molar-refractivity contribution in [2.75, 3.05) is 24.5 Å². The fourth-order valence-corrected chi connectivity index (χ4v) is 4.50. The second-order valence-electron chi connectivity index (χ2n) is 8.47. The van der Waals surface area contributed by atoms with E-state index in [9.17, 15) is 9.90 Å². The Morgan fingerprint density at radius 1 is 0.848 bits per heavy atom. The fourth-order valence-electron chi connectivity index (χ4n) is 4.50. The Kier molecular flexibility index (Phi) is 8.06. The number of hydrogen-bond acceptors (Lipinski definition) is 5. The van der Waals surface area contributed by atoms with Crippen molar-refractivity contribution >= 4 is 29.3 Å². The van der Waals surface area contributed by atoms with Crippen molar-refractivity contribution in [1.29, 1.82) is 0 Å². The lowest BCUT2D eigenvalue weighted by atomic mass is 9.94. The van der Waals surface area contributed by atoms with E-state index in [1.54, 1.807) is 6.92 Å². The van der Waals surface area contributed by atoms with Gasteiger partial charge in [-0.2, -0.15) is 0 Å². The van der Waals surface area contributed by atoms with E-state index in [0.717, 1.165) is 45.3 Å². The molecule has 2 aliphatic heterocycles. The molecule has 1 atom stereocenters. The Labute approximate surface area is 193 Å². The highest BCUT2D eigenvalue weighted by atomic mass is 16.4. The smallest absolute Gasteiger partial charge is 0.414 e. The lowest BCUT2D eigenvalue weighted by molar-refractivity contribution is -0.159. The molecule has 2 aromatic rings. The van der Waals surface area contributed by atoms with Crippen LogP contribution in [0.4, 0.5) is 11.4 Å². The third-order valence-corrected chi connectivity index (χ3v) is 6.41. The third-order valence-electron chi connectivity index (χ3n) is 6.41. The van der Waals surface area contributed by atoms with Crippen LogP contribution in [-0.2, 0) is 27.2 Å². The molecule has 0 aromatic heterocycles. The Bertz CT molecular complexity index is 940. The van der Waals surface area contributed by atoms with Crippen molar-refractivity contribution in [2.45, 2.75) is 38.6 Å². The molecule has 1 fully saturated rings. The summed E-state index contributed by atoms with van der Waals surface area (Å²) in [6.07, 6.45) is 4.27. The summed E-state index contributed by atoms with van der Waals surface area (Å²) in [6, 6.07) is 17.2. The van der Waals surface area contributed by atoms with Crippen LogP contribution in [0.5, 0.6) is 0 Å². The maximum absolute atomic E-state index is 11.3. The van der Waals surface area contributed by atoms with Crippen LogP contribution in [-0.4, -0.2) is 63.8 Å². The third kappa shape index (κ3) is 6.10. The van der Waals surface area contributed by atoms with Crippen LogP contribution in [0.1, 0.15) is 30.9 Å². The van der Waals surface area contributed by atoms with Gasteiger partial charge >= 0.3 is 17.9 Å². The average Bonchev–Trinajstić information content (AvgIpc) is 2.97. The molecule has 2 heterocycles. The minimum Gasteiger partial charge on any atom is -0.480 e. The van der Waals surface area contributed by atoms with E-state index in [-0.39, 0.29) is 6.04 Å². The van der Waals surface area contributed by atoms with Gasteiger partial charge in [-0.1, -0.05) is 36.4 Å². The second-order valence-corrected chi connectivity index (χ2v) is 8.47. The highest BCUT2D eigenvalue weighted by Crippen LogP contribution is 2.37. The minimum absolute atomic E-state index is 0.384. The fraction of sp³-hybridized carbons (Fsp3) is 0.400. The standard InChI is InChI=1S/C23H28N2O2.C2H2O4/c1-17(23(26)27)24-14-12-18(13-15-24)16-25-21-8-4-2-6-19(21)10-11-20-7-3-5-9-22(20)25;3-1(4)2(5)6/h2-9,17-18H,10-16H2,1H3,(H,26,27);(H,3,4)(H,5,6). The molecule has 3 N–H and O–H groups in total. The van der Waals surface area contributed by atoms with Gasteiger partial charge in [0.25, 0.3) is 0 Å². The Hall–Kier alpha value is -3.39. The lowest BCUT2D eigenvalue weighted by Crippen LogP contribution is -2.45. The van der Waals surface area contributed by atoms with Gasteiger partial charge in [0.1, 0.15) is 6.04 Å². The largest absolute Gasteiger partial charge is 0.480 e. The Morgan fingerprint density at radius 2 is 1.30 bits per heavy atom. The molecule has 2 aromatic carbocycles. The first kappa shape index (κ1) is 24.3. The number of carbonyl (C=O) groups is 3. The molecule has 0 aliphatic carbocycles. The van der Waals surface area contributed by atoms with E-state index in [1.165, 1.54) is 22.5 Å². The number of fused-ring (bicyclic) bond motifs is 2. The molecular formula is C25H30N2O6. The van der Waals surface area contributed by atoms with Gasteiger partial charge in [0.2, 0.25) is 0 Å². The number of piperidine rings is 1. The van der Waals surface area contributed by atoms with Gasteiger partial charge in [0, 0.05) is 17.9 Å². The molecule has 0 amide bonds. The van der Waals surface area contributed by atoms with Crippen molar-refractivity contribution < 1.29 is 29.7 Å². The summed E-state index contributed by atoms with van der Waals surface area (Å²) in [4.78, 5) is 34.1. The van der Waals surface area contributed by atoms with Gasteiger partial charge < -0.3 is 20.2 Å². The normalized spacial score (nSPS) is 16.9. The van der Waals surface area contributed by atoms with E-state index in [0.29, 0.717) is 5.92 Å². The Morgan fingerprint density at radius 3 is 1.73 bits per heavy atom. The van der Waals surface area contributed by atoms with Crippen molar-refractivity contribution in [2.24, 2.45) is 5.92 Å². The van der Waals surface area contributed by atoms with E-state index in [2.05, 4.69) is 58.3 Å². The van der Waals surface area contributed by atoms with Crippen LogP contribution < -0.4 is 4.90 Å². The predicted molar refractivity (Wildman–Crippen MR) is 124 cm³/mol. The first-order chi connectivity index (χ1) is 15.8. The molecule has 0 saturated carbocycles. The van der Waals surface area contributed by atoms with Crippen LogP contribution in [0.2, 0.25) is 0 Å². The SMILES string of the molecule is CC(C(=O)O)N1CCC(CN2c3ccccc3CCc3ccccc32)CC1.O=C(O)C(=O)O. The van der Waals surface area contributed by atoms with Crippen LogP contribution in [0.15, 0.2) is 48.5 Å². The van der Waals surface area contributed by atoms with Crippen LogP contribution >= 0.6 is 0 Å². The topological polar surface area (TPSA) is 118 Å². The zero-order valence-electron chi connectivity index (χ0n) is 18.7. The summed E-state index contributed by atoms with van der Waals surface area (Å²) in [7, 11) is 0. The van der Waals surface area contributed by atoms with E-state index < -0.39 is 17.9 Å². The first-order valence-corrected chi connectivity index (χ1v) is 11.1. The van der Waals surface area contributed by atoms with Gasteiger partial charge in [-0.05, 0) is 74.9 Å². The summed E-state index contributed by atoms with van der Waals surface area (Å²) in [5, 5.41) is 24.0. The van der Waals surface area contributed by atoms with Crippen molar-refractivity contribution in [1.82, 2.24) is 4.90 Å². The summed E-state index contributed by atoms with van der Waals surface area (Å²) < 4.78 is 0. The highest BCUT2D eigenvalue weighted by molar-refractivity contribution is 6.27. The van der Waals surface area contributed by atoms with E-state index in [1.807, 2.05) is 0 Å². The molecule has 8 nitrogen and oxygen atoms in total. The molecule has 176 valence electrons. The number of para-hydroxylation sites is 2. The summed E-state index contributed by atoms with van der Waals surface area (Å²) in [5.74, 6) is -3.78. The van der Waals surface area contributed by atoms with Gasteiger partial charge in [-0.15, -0.1) is 0 Å². The zero-order valence-corrected chi connectivity index (χ0v) is 18.7. The van der Waals surface area contributed by atoms with E-state index in [4.69, 9.17) is 19.8 Å². The van der Waals surface area contributed by atoms with Gasteiger partial charge in [0.15, 0.2) is 0 Å². The molecular weight excluding hydrogens is 424 g/mol. The van der Waals surface area contributed by atoms with Crippen LogP contribution in [0, 0.1) is 5.92 Å². The van der Waals surface area contributed by atoms with Crippen molar-refractivity contribution in [3.05, 3.63) is 59.7 Å². The molecule has 0 bridgehead atoms. The number of carboxylic acid groups (broad SMARTS) is 3. The first-order valence-electron chi connectivity index (χ1n) is 11.1. The molecule has 0 radical (unpaired) electrons. The van der Waals surface area contributed by atoms with Gasteiger partial charge in [-0.25, -0.2) is 9.59 Å². The van der Waals surface area contributed by atoms with Crippen LogP contribution in [0.25, 0.3) is 0 Å². The van der Waals surface area contributed by atoms with Crippen LogP contribution in [0.3, 0.4) is 0 Å². The van der Waals surface area contributed by atoms with Crippen molar-refractivity contribution in [3.8, 4) is 0 Å². The zero-order chi connectivity index (χ0) is 24.0. The van der Waals surface area contributed by atoms with Gasteiger partial charge in [-0.3, -0.25) is 9.69 Å². The molecule has 0 spiro atoms. The monoisotopic (exact) mass is 454 g/mol. The molecule has 2 aliphatic rings. The number of nitrogens with zero attached hydrogens (tertiary/aromatic N) is 2. The number of likely N-dealkylation sites (tertiary alicyclic amines) is 1. The van der Waals surface area contributed by atoms with E-state index >= 15 is 0 Å². The maximum Gasteiger partial charge on any atom is 0.414 e. The lowest BCUT2D eigenvalue weighted by Gasteiger charge is -2.37. The molecule has 4 rings (SSSR count). The number of aryl methyl sites for hydroxylation is 2. The quantitative estimate of drug-likeness (QED) is 0.603. The Balaban J connectivity index is 0.000000454. The maximum atomic E-state index is 11.3. The predicted octanol–water partition coefficient (Wildman–Crippen LogP) is 3.26. The molecule has 1 unspecified atom stereocenters. The molecule has 8 heteroatoms. The average molecular weight is 455 g/mol. The summed E-state index contributed by atoms with van der Waals surface area (Å²) in [5.41, 5.74) is 5.52. The number of aliphatic carboxylic acids is 3. The number of anilines is 2. The number of carboxylic acids is 3.